The van der Waals surface area contributed by atoms with Gasteiger partial charge in [0, 0.05) is 18.6 Å². The molecule has 0 aromatic carbocycles. The zero-order chi connectivity index (χ0) is 10.1. The molecule has 1 saturated heterocycles. The Morgan fingerprint density at radius 2 is 2.07 bits per heavy atom. The van der Waals surface area contributed by atoms with E-state index < -0.39 is 0 Å². The van der Waals surface area contributed by atoms with E-state index in [1.807, 2.05) is 0 Å². The molecule has 0 aromatic rings. The van der Waals surface area contributed by atoms with Crippen LogP contribution in [-0.4, -0.2) is 30.1 Å². The fourth-order valence-electron chi connectivity index (χ4n) is 3.21. The highest BCUT2D eigenvalue weighted by Gasteiger charge is 2.34. The average molecular weight is 196 g/mol. The van der Waals surface area contributed by atoms with Gasteiger partial charge >= 0.3 is 0 Å². The molecule has 1 saturated carbocycles. The first-order valence-corrected chi connectivity index (χ1v) is 6.18. The van der Waals surface area contributed by atoms with E-state index >= 15 is 0 Å². The summed E-state index contributed by atoms with van der Waals surface area (Å²) in [5, 5.41) is 0. The molecule has 2 nitrogen and oxygen atoms in total. The van der Waals surface area contributed by atoms with Gasteiger partial charge in [0.1, 0.15) is 0 Å². The molecule has 0 radical (unpaired) electrons. The molecule has 0 spiro atoms. The third kappa shape index (κ3) is 1.96. The Kier molecular flexibility index (Phi) is 3.13. The lowest BCUT2D eigenvalue weighted by atomic mass is 10.0. The maximum atomic E-state index is 5.97. The van der Waals surface area contributed by atoms with Crippen LogP contribution in [-0.2, 0) is 0 Å². The van der Waals surface area contributed by atoms with Crippen molar-refractivity contribution in [3.05, 3.63) is 0 Å². The van der Waals surface area contributed by atoms with E-state index in [0.29, 0.717) is 6.04 Å². The highest BCUT2D eigenvalue weighted by atomic mass is 15.2. The summed E-state index contributed by atoms with van der Waals surface area (Å²) in [5.74, 6) is 1.67. The molecule has 2 aliphatic rings. The highest BCUT2D eigenvalue weighted by Crippen LogP contribution is 2.33. The van der Waals surface area contributed by atoms with E-state index in [-0.39, 0.29) is 0 Å². The minimum Gasteiger partial charge on any atom is -0.328 e. The second kappa shape index (κ2) is 4.19. The molecule has 2 heteroatoms. The first-order chi connectivity index (χ1) is 6.68. The number of nitrogens with zero attached hydrogens (tertiary/aromatic N) is 1. The molecule has 0 bridgehead atoms. The lowest BCUT2D eigenvalue weighted by Crippen LogP contribution is -2.37. The van der Waals surface area contributed by atoms with E-state index in [1.165, 1.54) is 38.8 Å². The summed E-state index contributed by atoms with van der Waals surface area (Å²) in [7, 11) is 0. The van der Waals surface area contributed by atoms with Crippen LogP contribution >= 0.6 is 0 Å². The van der Waals surface area contributed by atoms with Crippen LogP contribution in [0.25, 0.3) is 0 Å². The quantitative estimate of drug-likeness (QED) is 0.730. The van der Waals surface area contributed by atoms with E-state index in [1.54, 1.807) is 0 Å². The summed E-state index contributed by atoms with van der Waals surface area (Å²) in [5.41, 5.74) is 5.97. The lowest BCUT2D eigenvalue weighted by molar-refractivity contribution is 0.196. The summed E-state index contributed by atoms with van der Waals surface area (Å²) in [6.07, 6.45) is 5.61. The van der Waals surface area contributed by atoms with E-state index in [2.05, 4.69) is 18.7 Å². The molecule has 2 N–H and O–H groups in total. The van der Waals surface area contributed by atoms with Gasteiger partial charge in [0.05, 0.1) is 0 Å². The van der Waals surface area contributed by atoms with Crippen LogP contribution in [0.3, 0.4) is 0 Å². The topological polar surface area (TPSA) is 29.3 Å². The molecule has 4 unspecified atom stereocenters. The van der Waals surface area contributed by atoms with Crippen molar-refractivity contribution in [2.45, 2.75) is 51.6 Å². The molecular weight excluding hydrogens is 172 g/mol. The second-order valence-corrected chi connectivity index (χ2v) is 5.38. The smallest absolute Gasteiger partial charge is 0.0121 e. The summed E-state index contributed by atoms with van der Waals surface area (Å²) in [4.78, 5) is 2.70. The zero-order valence-corrected chi connectivity index (χ0v) is 9.58. The Hall–Kier alpha value is -0.0800. The highest BCUT2D eigenvalue weighted by molar-refractivity contribution is 4.89. The zero-order valence-electron chi connectivity index (χ0n) is 9.58. The van der Waals surface area contributed by atoms with Crippen molar-refractivity contribution in [1.29, 1.82) is 0 Å². The number of hydrogen-bond acceptors (Lipinski definition) is 2. The molecule has 82 valence electrons. The third-order valence-corrected chi connectivity index (χ3v) is 4.28. The van der Waals surface area contributed by atoms with E-state index in [4.69, 9.17) is 5.73 Å². The molecular formula is C12H24N2. The van der Waals surface area contributed by atoms with Crippen LogP contribution in [0.2, 0.25) is 0 Å². The lowest BCUT2D eigenvalue weighted by Gasteiger charge is -2.28. The van der Waals surface area contributed by atoms with Crippen molar-refractivity contribution >= 4 is 0 Å². The van der Waals surface area contributed by atoms with Crippen molar-refractivity contribution in [3.8, 4) is 0 Å². The number of nitrogens with two attached hydrogens (primary N) is 1. The van der Waals surface area contributed by atoms with Crippen LogP contribution in [0.1, 0.15) is 39.5 Å². The van der Waals surface area contributed by atoms with Gasteiger partial charge in [-0.15, -0.1) is 0 Å². The minimum atomic E-state index is 0.386. The molecule has 1 aliphatic heterocycles. The summed E-state index contributed by atoms with van der Waals surface area (Å²) in [6.45, 7) is 7.12. The van der Waals surface area contributed by atoms with Crippen molar-refractivity contribution < 1.29 is 0 Å². The van der Waals surface area contributed by atoms with Gasteiger partial charge in [-0.05, 0) is 44.6 Å². The van der Waals surface area contributed by atoms with Gasteiger partial charge in [-0.3, -0.25) is 4.90 Å². The monoisotopic (exact) mass is 196 g/mol. The first kappa shape index (κ1) is 10.4. The summed E-state index contributed by atoms with van der Waals surface area (Å²) < 4.78 is 0. The predicted molar refractivity (Wildman–Crippen MR) is 60.1 cm³/mol. The molecule has 1 heterocycles. The van der Waals surface area contributed by atoms with Gasteiger partial charge in [-0.25, -0.2) is 0 Å². The third-order valence-electron chi connectivity index (χ3n) is 4.28. The van der Waals surface area contributed by atoms with Crippen LogP contribution in [0.5, 0.6) is 0 Å². The van der Waals surface area contributed by atoms with E-state index in [9.17, 15) is 0 Å². The summed E-state index contributed by atoms with van der Waals surface area (Å²) in [6, 6.07) is 1.26. The number of likely N-dealkylation sites (tertiary alicyclic amines) is 1. The Labute approximate surface area is 87.8 Å². The molecule has 14 heavy (non-hydrogen) atoms. The SMILES string of the molecule is CC(N)C1CCN(C2CCCC2C)C1. The molecule has 2 fully saturated rings. The first-order valence-electron chi connectivity index (χ1n) is 6.18. The standard InChI is InChI=1S/C12H24N2/c1-9-4-3-5-12(9)14-7-6-11(8-14)10(2)13/h9-12H,3-8,13H2,1-2H3. The molecule has 1 aliphatic carbocycles. The Morgan fingerprint density at radius 1 is 1.29 bits per heavy atom. The maximum absolute atomic E-state index is 5.97. The Morgan fingerprint density at radius 3 is 2.57 bits per heavy atom. The van der Waals surface area contributed by atoms with Crippen molar-refractivity contribution in [3.63, 3.8) is 0 Å². The van der Waals surface area contributed by atoms with Crippen LogP contribution < -0.4 is 5.73 Å². The van der Waals surface area contributed by atoms with Crippen LogP contribution in [0, 0.1) is 11.8 Å². The van der Waals surface area contributed by atoms with Crippen molar-refractivity contribution in [2.24, 2.45) is 17.6 Å². The van der Waals surface area contributed by atoms with Gasteiger partial charge in [-0.1, -0.05) is 13.3 Å². The Bertz CT molecular complexity index is 191. The summed E-state index contributed by atoms with van der Waals surface area (Å²) >= 11 is 0. The van der Waals surface area contributed by atoms with Crippen molar-refractivity contribution in [1.82, 2.24) is 4.90 Å². The van der Waals surface area contributed by atoms with Gasteiger partial charge in [-0.2, -0.15) is 0 Å². The van der Waals surface area contributed by atoms with Crippen molar-refractivity contribution in [2.75, 3.05) is 13.1 Å². The minimum absolute atomic E-state index is 0.386. The fraction of sp³-hybridized carbons (Fsp3) is 1.00. The maximum Gasteiger partial charge on any atom is 0.0121 e. The average Bonchev–Trinajstić information content (AvgIpc) is 2.71. The second-order valence-electron chi connectivity index (χ2n) is 5.38. The molecule has 0 aromatic heterocycles. The van der Waals surface area contributed by atoms with Crippen LogP contribution in [0.15, 0.2) is 0 Å². The Balaban J connectivity index is 1.88. The van der Waals surface area contributed by atoms with Gasteiger partial charge < -0.3 is 5.73 Å². The fourth-order valence-corrected chi connectivity index (χ4v) is 3.21. The number of rotatable bonds is 2. The van der Waals surface area contributed by atoms with E-state index in [0.717, 1.165) is 17.9 Å². The predicted octanol–water partition coefficient (Wildman–Crippen LogP) is 1.84. The normalized spacial score (nSPS) is 41.8. The van der Waals surface area contributed by atoms with Gasteiger partial charge in [0.2, 0.25) is 0 Å². The largest absolute Gasteiger partial charge is 0.328 e. The molecule has 0 amide bonds. The number of hydrogen-bond donors (Lipinski definition) is 1. The molecule has 2 rings (SSSR count). The van der Waals surface area contributed by atoms with Gasteiger partial charge in [0.15, 0.2) is 0 Å². The van der Waals surface area contributed by atoms with Gasteiger partial charge in [0.25, 0.3) is 0 Å². The van der Waals surface area contributed by atoms with Crippen LogP contribution in [0.4, 0.5) is 0 Å². The molecule has 4 atom stereocenters.